The lowest BCUT2D eigenvalue weighted by atomic mass is 10.4. The number of nitrogens with two attached hydrogens (primary N) is 1. The van der Waals surface area contributed by atoms with Crippen LogP contribution in [0.5, 0.6) is 0 Å². The van der Waals surface area contributed by atoms with Crippen LogP contribution >= 0.6 is 11.3 Å². The number of rotatable bonds is 5. The molecule has 2 heterocycles. The second-order valence-electron chi connectivity index (χ2n) is 3.32. The monoisotopic (exact) mass is 252 g/mol. The second kappa shape index (κ2) is 5.51. The van der Waals surface area contributed by atoms with Crippen LogP contribution in [0.4, 0.5) is 0 Å². The molecule has 0 saturated heterocycles. The van der Waals surface area contributed by atoms with Gasteiger partial charge < -0.3 is 11.1 Å². The van der Waals surface area contributed by atoms with E-state index in [2.05, 4.69) is 20.6 Å². The van der Waals surface area contributed by atoms with Crippen LogP contribution in [0.3, 0.4) is 0 Å². The number of carbonyl (C=O) groups is 1. The van der Waals surface area contributed by atoms with Crippen molar-refractivity contribution in [2.45, 2.75) is 13.1 Å². The van der Waals surface area contributed by atoms with Crippen LogP contribution in [-0.4, -0.2) is 32.4 Å². The average Bonchev–Trinajstić information content (AvgIpc) is 2.97. The first-order valence-electron chi connectivity index (χ1n) is 5.05. The third kappa shape index (κ3) is 3.08. The van der Waals surface area contributed by atoms with E-state index >= 15 is 0 Å². The Morgan fingerprint density at radius 1 is 1.59 bits per heavy atom. The number of thiazole rings is 1. The first-order chi connectivity index (χ1) is 8.29. The number of hydrogen-bond donors (Lipinski definition) is 2. The molecule has 2 rings (SSSR count). The van der Waals surface area contributed by atoms with Crippen LogP contribution in [0.2, 0.25) is 0 Å². The third-order valence-electron chi connectivity index (χ3n) is 2.04. The molecule has 0 bridgehead atoms. The van der Waals surface area contributed by atoms with Crippen LogP contribution in [-0.2, 0) is 13.1 Å². The van der Waals surface area contributed by atoms with Gasteiger partial charge in [0.1, 0.15) is 0 Å². The van der Waals surface area contributed by atoms with E-state index in [9.17, 15) is 4.79 Å². The van der Waals surface area contributed by atoms with Gasteiger partial charge in [0.05, 0.1) is 30.5 Å². The van der Waals surface area contributed by atoms with Gasteiger partial charge in [-0.25, -0.2) is 4.98 Å². The van der Waals surface area contributed by atoms with Gasteiger partial charge in [0, 0.05) is 11.9 Å². The highest BCUT2D eigenvalue weighted by Crippen LogP contribution is 2.00. The molecule has 8 heteroatoms. The first-order valence-corrected chi connectivity index (χ1v) is 5.99. The Labute approximate surface area is 102 Å². The molecule has 0 aromatic carbocycles. The molecule has 0 aliphatic carbocycles. The van der Waals surface area contributed by atoms with Crippen molar-refractivity contribution in [1.29, 1.82) is 0 Å². The molecular formula is C9H12N6OS. The molecule has 0 aliphatic rings. The van der Waals surface area contributed by atoms with Crippen molar-refractivity contribution in [3.8, 4) is 0 Å². The van der Waals surface area contributed by atoms with Crippen LogP contribution in [0.1, 0.15) is 16.2 Å². The molecule has 0 radical (unpaired) electrons. The minimum absolute atomic E-state index is 0.263. The molecule has 7 nitrogen and oxygen atoms in total. The van der Waals surface area contributed by atoms with Crippen LogP contribution in [0.15, 0.2) is 17.1 Å². The third-order valence-corrected chi connectivity index (χ3v) is 2.68. The van der Waals surface area contributed by atoms with Crippen molar-refractivity contribution >= 4 is 17.2 Å². The van der Waals surface area contributed by atoms with Gasteiger partial charge in [-0.2, -0.15) is 0 Å². The number of nitrogens with zero attached hydrogens (tertiary/aromatic N) is 4. The summed E-state index contributed by atoms with van der Waals surface area (Å²) in [7, 11) is 0. The van der Waals surface area contributed by atoms with Gasteiger partial charge >= 0.3 is 0 Å². The van der Waals surface area contributed by atoms with Crippen molar-refractivity contribution in [3.05, 3.63) is 28.5 Å². The topological polar surface area (TPSA) is 98.7 Å². The van der Waals surface area contributed by atoms with Crippen LogP contribution in [0.25, 0.3) is 0 Å². The molecule has 0 spiro atoms. The summed E-state index contributed by atoms with van der Waals surface area (Å²) in [6, 6.07) is 0. The predicted molar refractivity (Wildman–Crippen MR) is 62.4 cm³/mol. The maximum atomic E-state index is 11.7. The van der Waals surface area contributed by atoms with Crippen LogP contribution in [0, 0.1) is 0 Å². The Morgan fingerprint density at radius 2 is 2.47 bits per heavy atom. The highest BCUT2D eigenvalue weighted by molar-refractivity contribution is 7.07. The maximum Gasteiger partial charge on any atom is 0.273 e. The number of aromatic nitrogens is 4. The van der Waals surface area contributed by atoms with Gasteiger partial charge in [0.15, 0.2) is 5.69 Å². The molecule has 2 aromatic heterocycles. The Hall–Kier alpha value is -1.80. The summed E-state index contributed by atoms with van der Waals surface area (Å²) < 4.78 is 1.54. The lowest BCUT2D eigenvalue weighted by molar-refractivity contribution is 0.0945. The lowest BCUT2D eigenvalue weighted by Gasteiger charge is -1.98. The van der Waals surface area contributed by atoms with Crippen molar-refractivity contribution < 1.29 is 4.79 Å². The number of hydrogen-bond acceptors (Lipinski definition) is 6. The maximum absolute atomic E-state index is 11.7. The normalized spacial score (nSPS) is 10.4. The zero-order valence-corrected chi connectivity index (χ0v) is 9.85. The Morgan fingerprint density at radius 3 is 3.18 bits per heavy atom. The molecule has 17 heavy (non-hydrogen) atoms. The number of carbonyl (C=O) groups excluding carboxylic acids is 1. The van der Waals surface area contributed by atoms with E-state index in [4.69, 9.17) is 5.73 Å². The summed E-state index contributed by atoms with van der Waals surface area (Å²) in [5.41, 5.74) is 8.21. The van der Waals surface area contributed by atoms with E-state index in [1.54, 1.807) is 11.7 Å². The fraction of sp³-hybridized carbons (Fsp3) is 0.333. The average molecular weight is 252 g/mol. The van der Waals surface area contributed by atoms with Crippen LogP contribution < -0.4 is 11.1 Å². The van der Waals surface area contributed by atoms with Crippen molar-refractivity contribution in [1.82, 2.24) is 25.3 Å². The Balaban J connectivity index is 1.90. The molecular weight excluding hydrogens is 240 g/mol. The predicted octanol–water partition coefficient (Wildman–Crippen LogP) is -0.377. The first kappa shape index (κ1) is 11.7. The van der Waals surface area contributed by atoms with E-state index in [0.29, 0.717) is 19.6 Å². The summed E-state index contributed by atoms with van der Waals surface area (Å²) in [5.74, 6) is -0.263. The smallest absolute Gasteiger partial charge is 0.273 e. The molecule has 0 unspecified atom stereocenters. The lowest BCUT2D eigenvalue weighted by Crippen LogP contribution is -2.23. The molecule has 0 fully saturated rings. The minimum atomic E-state index is -0.263. The zero-order chi connectivity index (χ0) is 12.1. The van der Waals surface area contributed by atoms with Crippen molar-refractivity contribution in [2.24, 2.45) is 5.73 Å². The van der Waals surface area contributed by atoms with Gasteiger partial charge in [-0.05, 0) is 0 Å². The fourth-order valence-electron chi connectivity index (χ4n) is 1.23. The van der Waals surface area contributed by atoms with E-state index in [0.717, 1.165) is 5.69 Å². The fourth-order valence-corrected chi connectivity index (χ4v) is 1.79. The SMILES string of the molecule is NCCn1cc(C(=O)NCc2cscn2)nn1. The highest BCUT2D eigenvalue weighted by Gasteiger charge is 2.10. The highest BCUT2D eigenvalue weighted by atomic mass is 32.1. The molecule has 0 atom stereocenters. The van der Waals surface area contributed by atoms with Gasteiger partial charge in [0.25, 0.3) is 5.91 Å². The van der Waals surface area contributed by atoms with Gasteiger partial charge in [-0.15, -0.1) is 16.4 Å². The molecule has 1 amide bonds. The Bertz CT molecular complexity index is 479. The van der Waals surface area contributed by atoms with Gasteiger partial charge in [-0.1, -0.05) is 5.21 Å². The van der Waals surface area contributed by atoms with Crippen molar-refractivity contribution in [2.75, 3.05) is 6.54 Å². The summed E-state index contributed by atoms with van der Waals surface area (Å²) in [6.07, 6.45) is 1.57. The Kier molecular flexibility index (Phi) is 3.78. The standard InChI is InChI=1S/C9H12N6OS/c10-1-2-15-4-8(13-14-15)9(16)11-3-7-5-17-6-12-7/h4-6H,1-3,10H2,(H,11,16). The van der Waals surface area contributed by atoms with Gasteiger partial charge in [-0.3, -0.25) is 9.48 Å². The molecule has 0 saturated carbocycles. The molecule has 3 N–H and O–H groups in total. The zero-order valence-electron chi connectivity index (χ0n) is 9.04. The second-order valence-corrected chi connectivity index (χ2v) is 4.04. The van der Waals surface area contributed by atoms with E-state index < -0.39 is 0 Å². The quantitative estimate of drug-likeness (QED) is 0.756. The van der Waals surface area contributed by atoms with E-state index in [1.165, 1.54) is 16.0 Å². The summed E-state index contributed by atoms with van der Waals surface area (Å²) in [4.78, 5) is 15.7. The summed E-state index contributed by atoms with van der Waals surface area (Å²) >= 11 is 1.49. The number of nitrogens with one attached hydrogen (secondary N) is 1. The molecule has 90 valence electrons. The number of amides is 1. The summed E-state index contributed by atoms with van der Waals surface area (Å²) in [5, 5.41) is 12.1. The summed E-state index contributed by atoms with van der Waals surface area (Å²) in [6.45, 7) is 1.40. The van der Waals surface area contributed by atoms with E-state index in [-0.39, 0.29) is 11.6 Å². The van der Waals surface area contributed by atoms with E-state index in [1.807, 2.05) is 5.38 Å². The van der Waals surface area contributed by atoms with Gasteiger partial charge in [0.2, 0.25) is 0 Å². The minimum Gasteiger partial charge on any atom is -0.345 e. The van der Waals surface area contributed by atoms with Crippen molar-refractivity contribution in [3.63, 3.8) is 0 Å². The largest absolute Gasteiger partial charge is 0.345 e. The molecule has 0 aliphatic heterocycles. The molecule has 2 aromatic rings.